The highest BCUT2D eigenvalue weighted by Gasteiger charge is 2.21. The van der Waals surface area contributed by atoms with E-state index in [1.165, 1.54) is 0 Å². The summed E-state index contributed by atoms with van der Waals surface area (Å²) < 4.78 is 11.8. The number of oxazole rings is 1. The number of ether oxygens (including phenoxy) is 1. The van der Waals surface area contributed by atoms with Crippen LogP contribution < -0.4 is 4.74 Å². The van der Waals surface area contributed by atoms with Crippen LogP contribution in [-0.4, -0.2) is 80.3 Å². The van der Waals surface area contributed by atoms with E-state index >= 15 is 0 Å². The van der Waals surface area contributed by atoms with Gasteiger partial charge in [-0.1, -0.05) is 29.8 Å². The quantitative estimate of drug-likeness (QED) is 0.281. The molecule has 0 saturated carbocycles. The minimum Gasteiger partial charge on any atom is -0.491 e. The summed E-state index contributed by atoms with van der Waals surface area (Å²) in [5, 5.41) is 20.6. The Labute approximate surface area is 237 Å². The van der Waals surface area contributed by atoms with E-state index in [1.54, 1.807) is 16.9 Å². The number of piperazine rings is 1. The number of halogens is 1. The Kier molecular flexibility index (Phi) is 7.79. The first-order valence-electron chi connectivity index (χ1n) is 13.4. The number of β-amino-alcohol motifs (C(OH)–C–C–N with tert-alkyl or cyclic N) is 1. The highest BCUT2D eigenvalue weighted by molar-refractivity contribution is 6.30. The predicted octanol–water partition coefficient (Wildman–Crippen LogP) is 4.59. The van der Waals surface area contributed by atoms with Gasteiger partial charge in [0.25, 0.3) is 0 Å². The average Bonchev–Trinajstić information content (AvgIpc) is 3.57. The zero-order valence-electron chi connectivity index (χ0n) is 22.3. The van der Waals surface area contributed by atoms with Gasteiger partial charge in [-0.2, -0.15) is 15.0 Å². The van der Waals surface area contributed by atoms with Crippen molar-refractivity contribution in [2.75, 3.05) is 39.3 Å². The van der Waals surface area contributed by atoms with Crippen molar-refractivity contribution in [3.05, 3.63) is 89.2 Å². The highest BCUT2D eigenvalue weighted by Crippen LogP contribution is 2.28. The maximum atomic E-state index is 10.7. The van der Waals surface area contributed by atoms with Crippen LogP contribution in [0.2, 0.25) is 5.02 Å². The van der Waals surface area contributed by atoms with Crippen molar-refractivity contribution < 1.29 is 14.3 Å². The molecule has 9 nitrogen and oxygen atoms in total. The Bertz CT molecular complexity index is 1560. The molecule has 6 rings (SSSR count). The molecule has 3 aromatic carbocycles. The maximum absolute atomic E-state index is 10.7. The topological polar surface area (TPSA) is 92.7 Å². The van der Waals surface area contributed by atoms with Crippen LogP contribution in [0.25, 0.3) is 28.2 Å². The molecule has 1 aliphatic heterocycles. The van der Waals surface area contributed by atoms with Gasteiger partial charge in [0.05, 0.1) is 11.4 Å². The number of aromatic nitrogens is 4. The van der Waals surface area contributed by atoms with E-state index < -0.39 is 6.10 Å². The predicted molar refractivity (Wildman–Crippen MR) is 154 cm³/mol. The lowest BCUT2D eigenvalue weighted by Gasteiger charge is -2.35. The number of rotatable bonds is 9. The maximum Gasteiger partial charge on any atom is 0.227 e. The van der Waals surface area contributed by atoms with Crippen LogP contribution in [0, 0.1) is 6.92 Å². The molecule has 3 heterocycles. The minimum absolute atomic E-state index is 0.204. The summed E-state index contributed by atoms with van der Waals surface area (Å²) in [6.45, 7) is 7.10. The first kappa shape index (κ1) is 26.5. The van der Waals surface area contributed by atoms with Gasteiger partial charge >= 0.3 is 0 Å². The van der Waals surface area contributed by atoms with Crippen molar-refractivity contribution >= 4 is 22.7 Å². The number of para-hydroxylation sites is 1. The molecule has 5 aromatic rings. The number of nitrogens with zero attached hydrogens (tertiary/aromatic N) is 6. The number of aliphatic hydroxyl groups is 1. The first-order chi connectivity index (χ1) is 19.5. The molecule has 1 fully saturated rings. The van der Waals surface area contributed by atoms with Crippen LogP contribution in [-0.2, 0) is 6.54 Å². The van der Waals surface area contributed by atoms with E-state index in [0.29, 0.717) is 34.3 Å². The van der Waals surface area contributed by atoms with Crippen LogP contribution in [0.5, 0.6) is 5.75 Å². The first-order valence-corrected chi connectivity index (χ1v) is 13.8. The summed E-state index contributed by atoms with van der Waals surface area (Å²) in [6, 6.07) is 22.8. The molecule has 10 heteroatoms. The van der Waals surface area contributed by atoms with Gasteiger partial charge < -0.3 is 14.3 Å². The zero-order valence-corrected chi connectivity index (χ0v) is 23.0. The van der Waals surface area contributed by atoms with E-state index in [2.05, 4.69) is 19.9 Å². The van der Waals surface area contributed by atoms with Crippen molar-refractivity contribution in [3.8, 4) is 22.9 Å². The van der Waals surface area contributed by atoms with E-state index in [4.69, 9.17) is 25.9 Å². The molecular formula is C30H31ClN6O3. The van der Waals surface area contributed by atoms with E-state index in [9.17, 15) is 5.11 Å². The SMILES string of the molecule is Cc1nn(-c2ccccc2)nc1CN1CCN(C[C@H](O)COc2ccc3oc(-c4ccc(Cl)cc4)nc3c2)CC1. The molecule has 40 heavy (non-hydrogen) atoms. The summed E-state index contributed by atoms with van der Waals surface area (Å²) in [7, 11) is 0. The number of aliphatic hydroxyl groups excluding tert-OH is 1. The molecule has 206 valence electrons. The summed E-state index contributed by atoms with van der Waals surface area (Å²) in [5.41, 5.74) is 5.13. The lowest BCUT2D eigenvalue weighted by Crippen LogP contribution is -2.48. The van der Waals surface area contributed by atoms with Crippen LogP contribution in [0.3, 0.4) is 0 Å². The van der Waals surface area contributed by atoms with Crippen molar-refractivity contribution in [1.29, 1.82) is 0 Å². The van der Waals surface area contributed by atoms with Gasteiger partial charge in [-0.25, -0.2) is 4.98 Å². The standard InChI is InChI=1S/C30H31ClN6O3/c1-21-28(34-37(33-21)24-5-3-2-4-6-24)19-36-15-13-35(14-16-36)18-25(38)20-39-26-11-12-29-27(17-26)32-30(40-29)22-7-9-23(31)10-8-22/h2-12,17,25,38H,13-16,18-20H2,1H3/t25-/m0/s1. The molecule has 0 radical (unpaired) electrons. The largest absolute Gasteiger partial charge is 0.491 e. The van der Waals surface area contributed by atoms with Gasteiger partial charge in [0.1, 0.15) is 29.7 Å². The molecule has 2 aromatic heterocycles. The monoisotopic (exact) mass is 558 g/mol. The molecule has 1 atom stereocenters. The van der Waals surface area contributed by atoms with E-state index in [1.807, 2.05) is 67.6 Å². The molecular weight excluding hydrogens is 528 g/mol. The fourth-order valence-electron chi connectivity index (χ4n) is 4.83. The Balaban J connectivity index is 0.972. The lowest BCUT2D eigenvalue weighted by molar-refractivity contribution is 0.0444. The number of aryl methyl sites for hydroxylation is 1. The molecule has 0 spiro atoms. The van der Waals surface area contributed by atoms with Gasteiger partial charge in [-0.05, 0) is 55.5 Å². The van der Waals surface area contributed by atoms with Crippen LogP contribution in [0.15, 0.2) is 77.2 Å². The van der Waals surface area contributed by atoms with E-state index in [0.717, 1.165) is 55.4 Å². The summed E-state index contributed by atoms with van der Waals surface area (Å²) in [4.78, 5) is 10.9. The van der Waals surface area contributed by atoms with Gasteiger partial charge in [0.15, 0.2) is 5.58 Å². The molecule has 1 saturated heterocycles. The van der Waals surface area contributed by atoms with Crippen molar-refractivity contribution in [2.24, 2.45) is 0 Å². The van der Waals surface area contributed by atoms with Crippen molar-refractivity contribution in [3.63, 3.8) is 0 Å². The number of benzene rings is 3. The van der Waals surface area contributed by atoms with Gasteiger partial charge in [-0.3, -0.25) is 9.80 Å². The second-order valence-electron chi connectivity index (χ2n) is 10.1. The Hall–Kier alpha value is -3.76. The third-order valence-corrected chi connectivity index (χ3v) is 7.32. The van der Waals surface area contributed by atoms with Crippen LogP contribution in [0.1, 0.15) is 11.4 Å². The molecule has 0 aliphatic carbocycles. The number of hydrogen-bond acceptors (Lipinski definition) is 8. The van der Waals surface area contributed by atoms with E-state index in [-0.39, 0.29) is 6.61 Å². The van der Waals surface area contributed by atoms with Gasteiger partial charge in [0.2, 0.25) is 5.89 Å². The van der Waals surface area contributed by atoms with Gasteiger partial charge in [-0.15, -0.1) is 0 Å². The summed E-state index contributed by atoms with van der Waals surface area (Å²) in [6.07, 6.45) is -0.600. The van der Waals surface area contributed by atoms with Gasteiger partial charge in [0, 0.05) is 55.9 Å². The normalized spacial score (nSPS) is 15.5. The summed E-state index contributed by atoms with van der Waals surface area (Å²) >= 11 is 5.98. The zero-order chi connectivity index (χ0) is 27.5. The Morgan fingerprint density at radius 1 is 0.950 bits per heavy atom. The summed E-state index contributed by atoms with van der Waals surface area (Å²) in [5.74, 6) is 1.17. The molecule has 1 aliphatic rings. The number of hydrogen-bond donors (Lipinski definition) is 1. The second-order valence-corrected chi connectivity index (χ2v) is 10.5. The van der Waals surface area contributed by atoms with Crippen LogP contribution >= 0.6 is 11.6 Å². The smallest absolute Gasteiger partial charge is 0.227 e. The Morgan fingerprint density at radius 2 is 1.70 bits per heavy atom. The number of fused-ring (bicyclic) bond motifs is 1. The fraction of sp³-hybridized carbons (Fsp3) is 0.300. The molecule has 0 amide bonds. The molecule has 0 bridgehead atoms. The average molecular weight is 559 g/mol. The van der Waals surface area contributed by atoms with Crippen molar-refractivity contribution in [1.82, 2.24) is 29.8 Å². The third-order valence-electron chi connectivity index (χ3n) is 7.06. The second kappa shape index (κ2) is 11.8. The van der Waals surface area contributed by atoms with Crippen molar-refractivity contribution in [2.45, 2.75) is 19.6 Å². The highest BCUT2D eigenvalue weighted by atomic mass is 35.5. The van der Waals surface area contributed by atoms with Crippen LogP contribution in [0.4, 0.5) is 0 Å². The third kappa shape index (κ3) is 6.18. The lowest BCUT2D eigenvalue weighted by atomic mass is 10.2. The molecule has 0 unspecified atom stereocenters. The minimum atomic E-state index is -0.600. The Morgan fingerprint density at radius 3 is 2.48 bits per heavy atom. The fourth-order valence-corrected chi connectivity index (χ4v) is 4.96. The molecule has 1 N–H and O–H groups in total.